The highest BCUT2D eigenvalue weighted by molar-refractivity contribution is 4.88. The number of hydrogen-bond acceptors (Lipinski definition) is 2. The molecule has 2 atom stereocenters. The maximum atomic E-state index is 3.69. The highest BCUT2D eigenvalue weighted by Gasteiger charge is 2.32. The lowest BCUT2D eigenvalue weighted by atomic mass is 9.75. The minimum atomic E-state index is 0.594. The van der Waals surface area contributed by atoms with E-state index in [0.717, 1.165) is 24.5 Å². The molecule has 112 valence electrons. The van der Waals surface area contributed by atoms with Crippen molar-refractivity contribution in [2.75, 3.05) is 20.1 Å². The van der Waals surface area contributed by atoms with Gasteiger partial charge in [-0.2, -0.15) is 0 Å². The van der Waals surface area contributed by atoms with E-state index < -0.39 is 0 Å². The van der Waals surface area contributed by atoms with Crippen molar-refractivity contribution in [1.82, 2.24) is 10.2 Å². The normalized spacial score (nSPS) is 32.1. The highest BCUT2D eigenvalue weighted by atomic mass is 15.1. The second-order valence-electron chi connectivity index (χ2n) is 7.69. The van der Waals surface area contributed by atoms with Crippen molar-refractivity contribution in [1.29, 1.82) is 0 Å². The molecule has 0 heterocycles. The molecule has 19 heavy (non-hydrogen) atoms. The van der Waals surface area contributed by atoms with Crippen LogP contribution in [0.3, 0.4) is 0 Å². The zero-order chi connectivity index (χ0) is 13.9. The van der Waals surface area contributed by atoms with Crippen LogP contribution >= 0.6 is 0 Å². The van der Waals surface area contributed by atoms with Crippen molar-refractivity contribution in [2.24, 2.45) is 11.3 Å². The smallest absolute Gasteiger partial charge is 0.0107 e. The minimum absolute atomic E-state index is 0.594. The third-order valence-electron chi connectivity index (χ3n) is 5.58. The van der Waals surface area contributed by atoms with E-state index in [4.69, 9.17) is 0 Å². The molecule has 0 amide bonds. The molecular weight excluding hydrogens is 232 g/mol. The third-order valence-corrected chi connectivity index (χ3v) is 5.58. The van der Waals surface area contributed by atoms with Gasteiger partial charge in [0.1, 0.15) is 0 Å². The van der Waals surface area contributed by atoms with Gasteiger partial charge in [-0.05, 0) is 63.5 Å². The Kier molecular flexibility index (Phi) is 5.30. The second kappa shape index (κ2) is 6.58. The standard InChI is InChI=1S/C17H34N2/c1-5-18-16-8-6-7-14(16)13-19(4)15-9-11-17(2,3)12-10-15/h14-16,18H,5-13H2,1-4H3. The van der Waals surface area contributed by atoms with Gasteiger partial charge in [-0.3, -0.25) is 0 Å². The van der Waals surface area contributed by atoms with E-state index >= 15 is 0 Å². The maximum Gasteiger partial charge on any atom is 0.0107 e. The quantitative estimate of drug-likeness (QED) is 0.817. The predicted octanol–water partition coefficient (Wildman–Crippen LogP) is 3.67. The summed E-state index contributed by atoms with van der Waals surface area (Å²) in [6, 6.07) is 1.63. The molecule has 2 fully saturated rings. The topological polar surface area (TPSA) is 15.3 Å². The fraction of sp³-hybridized carbons (Fsp3) is 1.00. The Balaban J connectivity index is 1.79. The lowest BCUT2D eigenvalue weighted by Gasteiger charge is -2.40. The van der Waals surface area contributed by atoms with Gasteiger partial charge in [-0.1, -0.05) is 27.2 Å². The summed E-state index contributed by atoms with van der Waals surface area (Å²) in [5.74, 6) is 0.889. The van der Waals surface area contributed by atoms with E-state index in [1.807, 2.05) is 0 Å². The Hall–Kier alpha value is -0.0800. The van der Waals surface area contributed by atoms with E-state index in [9.17, 15) is 0 Å². The molecule has 0 radical (unpaired) electrons. The van der Waals surface area contributed by atoms with Gasteiger partial charge in [-0.15, -0.1) is 0 Å². The molecule has 2 saturated carbocycles. The van der Waals surface area contributed by atoms with Gasteiger partial charge in [0.25, 0.3) is 0 Å². The fourth-order valence-corrected chi connectivity index (χ4v) is 4.13. The molecule has 0 bridgehead atoms. The predicted molar refractivity (Wildman–Crippen MR) is 83.5 cm³/mol. The fourth-order valence-electron chi connectivity index (χ4n) is 4.13. The molecule has 2 unspecified atom stereocenters. The number of nitrogens with one attached hydrogen (secondary N) is 1. The Morgan fingerprint density at radius 3 is 2.42 bits per heavy atom. The van der Waals surface area contributed by atoms with Crippen LogP contribution in [0.2, 0.25) is 0 Å². The van der Waals surface area contributed by atoms with Crippen molar-refractivity contribution in [3.63, 3.8) is 0 Å². The van der Waals surface area contributed by atoms with E-state index in [2.05, 4.69) is 38.0 Å². The van der Waals surface area contributed by atoms with Crippen LogP contribution in [0, 0.1) is 11.3 Å². The van der Waals surface area contributed by atoms with E-state index in [1.54, 1.807) is 0 Å². The zero-order valence-corrected chi connectivity index (χ0v) is 13.5. The monoisotopic (exact) mass is 266 g/mol. The van der Waals surface area contributed by atoms with Crippen LogP contribution in [0.25, 0.3) is 0 Å². The molecule has 1 N–H and O–H groups in total. The van der Waals surface area contributed by atoms with Crippen molar-refractivity contribution in [3.05, 3.63) is 0 Å². The van der Waals surface area contributed by atoms with E-state index in [0.29, 0.717) is 5.41 Å². The SMILES string of the molecule is CCNC1CCCC1CN(C)C1CCC(C)(C)CC1. The first-order valence-corrected chi connectivity index (χ1v) is 8.45. The summed E-state index contributed by atoms with van der Waals surface area (Å²) in [5, 5.41) is 3.69. The molecule has 2 nitrogen and oxygen atoms in total. The molecule has 2 aliphatic rings. The number of rotatable bonds is 5. The summed E-state index contributed by atoms with van der Waals surface area (Å²) in [6.07, 6.45) is 9.87. The van der Waals surface area contributed by atoms with Gasteiger partial charge in [0.05, 0.1) is 0 Å². The summed E-state index contributed by atoms with van der Waals surface area (Å²) in [4.78, 5) is 2.68. The summed E-state index contributed by atoms with van der Waals surface area (Å²) >= 11 is 0. The zero-order valence-electron chi connectivity index (χ0n) is 13.5. The molecule has 0 spiro atoms. The minimum Gasteiger partial charge on any atom is -0.314 e. The summed E-state index contributed by atoms with van der Waals surface area (Å²) < 4.78 is 0. The van der Waals surface area contributed by atoms with Crippen LogP contribution in [-0.4, -0.2) is 37.1 Å². The van der Waals surface area contributed by atoms with Crippen LogP contribution < -0.4 is 5.32 Å². The summed E-state index contributed by atoms with van der Waals surface area (Å²) in [6.45, 7) is 9.54. The summed E-state index contributed by atoms with van der Waals surface area (Å²) in [5.41, 5.74) is 0.594. The Morgan fingerprint density at radius 1 is 1.11 bits per heavy atom. The highest BCUT2D eigenvalue weighted by Crippen LogP contribution is 2.37. The average Bonchev–Trinajstić information content (AvgIpc) is 2.77. The molecular formula is C17H34N2. The van der Waals surface area contributed by atoms with E-state index in [-0.39, 0.29) is 0 Å². The van der Waals surface area contributed by atoms with Gasteiger partial charge in [0, 0.05) is 18.6 Å². The van der Waals surface area contributed by atoms with Crippen LogP contribution in [0.4, 0.5) is 0 Å². The van der Waals surface area contributed by atoms with Gasteiger partial charge < -0.3 is 10.2 Å². The first-order chi connectivity index (χ1) is 9.02. The average molecular weight is 266 g/mol. The van der Waals surface area contributed by atoms with E-state index in [1.165, 1.54) is 51.5 Å². The molecule has 0 saturated heterocycles. The van der Waals surface area contributed by atoms with Crippen LogP contribution in [-0.2, 0) is 0 Å². The Morgan fingerprint density at radius 2 is 1.79 bits per heavy atom. The van der Waals surface area contributed by atoms with Crippen LogP contribution in [0.1, 0.15) is 65.7 Å². The Labute approximate surface area is 120 Å². The van der Waals surface area contributed by atoms with Gasteiger partial charge >= 0.3 is 0 Å². The molecule has 2 aliphatic carbocycles. The van der Waals surface area contributed by atoms with Gasteiger partial charge in [-0.25, -0.2) is 0 Å². The largest absolute Gasteiger partial charge is 0.314 e. The maximum absolute atomic E-state index is 3.69. The molecule has 2 heteroatoms. The van der Waals surface area contributed by atoms with Crippen molar-refractivity contribution >= 4 is 0 Å². The molecule has 0 aliphatic heterocycles. The second-order valence-corrected chi connectivity index (χ2v) is 7.69. The molecule has 0 aromatic heterocycles. The molecule has 0 aromatic rings. The van der Waals surface area contributed by atoms with Crippen molar-refractivity contribution < 1.29 is 0 Å². The van der Waals surface area contributed by atoms with Gasteiger partial charge in [0.2, 0.25) is 0 Å². The van der Waals surface area contributed by atoms with Gasteiger partial charge in [0.15, 0.2) is 0 Å². The lowest BCUT2D eigenvalue weighted by molar-refractivity contribution is 0.111. The molecule has 0 aromatic carbocycles. The van der Waals surface area contributed by atoms with Crippen LogP contribution in [0.5, 0.6) is 0 Å². The summed E-state index contributed by atoms with van der Waals surface area (Å²) in [7, 11) is 2.37. The molecule has 2 rings (SSSR count). The lowest BCUT2D eigenvalue weighted by Crippen LogP contribution is -2.43. The first-order valence-electron chi connectivity index (χ1n) is 8.45. The van der Waals surface area contributed by atoms with Crippen molar-refractivity contribution in [2.45, 2.75) is 77.8 Å². The Bertz CT molecular complexity index is 264. The van der Waals surface area contributed by atoms with Crippen molar-refractivity contribution in [3.8, 4) is 0 Å². The third kappa shape index (κ3) is 4.19. The number of hydrogen-bond donors (Lipinski definition) is 1. The number of nitrogens with zero attached hydrogens (tertiary/aromatic N) is 1. The first kappa shape index (κ1) is 15.3. The van der Waals surface area contributed by atoms with Crippen LogP contribution in [0.15, 0.2) is 0 Å².